The number of aliphatic carboxylic acids is 1. The van der Waals surface area contributed by atoms with Gasteiger partial charge in [0.1, 0.15) is 11.6 Å². The number of carbonyl (C=O) groups is 2. The zero-order valence-electron chi connectivity index (χ0n) is 15.6. The molecule has 2 rings (SSSR count). The smallest absolute Gasteiger partial charge is 0.410 e. The van der Waals surface area contributed by atoms with Gasteiger partial charge in [-0.25, -0.2) is 4.79 Å². The van der Waals surface area contributed by atoms with E-state index in [1.165, 1.54) is 0 Å². The highest BCUT2D eigenvalue weighted by Crippen LogP contribution is 2.41. The Morgan fingerprint density at radius 1 is 1.30 bits per heavy atom. The molecule has 8 nitrogen and oxygen atoms in total. The minimum absolute atomic E-state index is 0.294. The number of carboxylic acids is 1. The van der Waals surface area contributed by atoms with Crippen molar-refractivity contribution in [2.75, 3.05) is 13.1 Å². The van der Waals surface area contributed by atoms with Gasteiger partial charge in [-0.05, 0) is 56.8 Å². The SMILES string of the molecule is CC(C)(C)OC(=O)N1CCC(c2ccc(Cl)cc2)([C@H](N=[N+]=[N-])C(=O)O)CC1. The van der Waals surface area contributed by atoms with Crippen LogP contribution in [-0.4, -0.2) is 46.8 Å². The standard InChI is InChI=1S/C18H23ClN4O4/c1-17(2,3)27-16(26)23-10-8-18(9-11-23,14(15(24)25)21-22-20)12-4-6-13(19)7-5-12/h4-7,14H,8-11H2,1-3H3,(H,24,25)/t14-/m1/s1. The topological polar surface area (TPSA) is 116 Å². The number of piperidine rings is 1. The Morgan fingerprint density at radius 2 is 1.85 bits per heavy atom. The number of azide groups is 1. The molecule has 0 spiro atoms. The average Bonchev–Trinajstić information content (AvgIpc) is 2.58. The number of amides is 1. The van der Waals surface area contributed by atoms with Gasteiger partial charge in [0, 0.05) is 28.4 Å². The van der Waals surface area contributed by atoms with Gasteiger partial charge in [0.05, 0.1) is 0 Å². The monoisotopic (exact) mass is 394 g/mol. The third-order valence-corrected chi connectivity index (χ3v) is 4.90. The highest BCUT2D eigenvalue weighted by Gasteiger charge is 2.47. The average molecular weight is 395 g/mol. The maximum atomic E-state index is 12.3. The lowest BCUT2D eigenvalue weighted by Gasteiger charge is -2.44. The molecule has 1 aliphatic rings. The molecule has 1 aliphatic heterocycles. The molecule has 146 valence electrons. The molecule has 0 aromatic heterocycles. The Hall–Kier alpha value is -2.44. The maximum absolute atomic E-state index is 12.3. The molecule has 0 aliphatic carbocycles. The maximum Gasteiger partial charge on any atom is 0.410 e. The number of likely N-dealkylation sites (tertiary alicyclic amines) is 1. The summed E-state index contributed by atoms with van der Waals surface area (Å²) in [6.07, 6.45) is 0.205. The van der Waals surface area contributed by atoms with Gasteiger partial charge in [0.15, 0.2) is 0 Å². The lowest BCUT2D eigenvalue weighted by molar-refractivity contribution is -0.141. The molecular weight excluding hydrogens is 372 g/mol. The molecule has 1 atom stereocenters. The highest BCUT2D eigenvalue weighted by molar-refractivity contribution is 6.30. The normalized spacial score (nSPS) is 17.6. The summed E-state index contributed by atoms with van der Waals surface area (Å²) < 4.78 is 5.39. The third kappa shape index (κ3) is 4.84. The fraction of sp³-hybridized carbons (Fsp3) is 0.556. The first-order valence-corrected chi connectivity index (χ1v) is 8.98. The first kappa shape index (κ1) is 20.9. The van der Waals surface area contributed by atoms with Crippen molar-refractivity contribution >= 4 is 23.7 Å². The quantitative estimate of drug-likeness (QED) is 0.463. The Kier molecular flexibility index (Phi) is 6.23. The third-order valence-electron chi connectivity index (χ3n) is 4.65. The predicted octanol–water partition coefficient (Wildman–Crippen LogP) is 4.37. The van der Waals surface area contributed by atoms with Crippen LogP contribution < -0.4 is 0 Å². The molecule has 9 heteroatoms. The summed E-state index contributed by atoms with van der Waals surface area (Å²) >= 11 is 5.96. The molecule has 0 bridgehead atoms. The fourth-order valence-electron chi connectivity index (χ4n) is 3.36. The van der Waals surface area contributed by atoms with E-state index in [0.717, 1.165) is 5.56 Å². The number of hydrogen-bond acceptors (Lipinski definition) is 4. The van der Waals surface area contributed by atoms with Gasteiger partial charge in [-0.3, -0.25) is 4.79 Å². The number of carbonyl (C=O) groups excluding carboxylic acids is 1. The number of benzene rings is 1. The summed E-state index contributed by atoms with van der Waals surface area (Å²) in [5.74, 6) is -1.20. The number of carboxylic acid groups (broad SMARTS) is 1. The molecule has 0 radical (unpaired) electrons. The molecule has 1 aromatic carbocycles. The van der Waals surface area contributed by atoms with E-state index in [4.69, 9.17) is 21.9 Å². The van der Waals surface area contributed by atoms with Crippen molar-refractivity contribution in [3.05, 3.63) is 45.3 Å². The van der Waals surface area contributed by atoms with Gasteiger partial charge < -0.3 is 14.7 Å². The van der Waals surface area contributed by atoms with Crippen LogP contribution >= 0.6 is 11.6 Å². The first-order chi connectivity index (χ1) is 12.6. The molecule has 1 heterocycles. The van der Waals surface area contributed by atoms with Crippen molar-refractivity contribution in [3.63, 3.8) is 0 Å². The fourth-order valence-corrected chi connectivity index (χ4v) is 3.49. The molecule has 1 amide bonds. The Bertz CT molecular complexity index is 744. The second-order valence-electron chi connectivity index (χ2n) is 7.58. The zero-order valence-corrected chi connectivity index (χ0v) is 16.3. The molecule has 1 saturated heterocycles. The van der Waals surface area contributed by atoms with Crippen LogP contribution in [0.1, 0.15) is 39.2 Å². The van der Waals surface area contributed by atoms with Crippen LogP contribution in [0.15, 0.2) is 29.4 Å². The predicted molar refractivity (Wildman–Crippen MR) is 101 cm³/mol. The summed E-state index contributed by atoms with van der Waals surface area (Å²) in [6, 6.07) is 5.55. The van der Waals surface area contributed by atoms with Crippen LogP contribution in [0.25, 0.3) is 10.4 Å². The van der Waals surface area contributed by atoms with Crippen molar-refractivity contribution in [3.8, 4) is 0 Å². The molecule has 1 fully saturated rings. The molecule has 1 N–H and O–H groups in total. The number of rotatable bonds is 4. The second-order valence-corrected chi connectivity index (χ2v) is 8.01. The number of ether oxygens (including phenoxy) is 1. The van der Waals surface area contributed by atoms with Crippen LogP contribution in [-0.2, 0) is 14.9 Å². The summed E-state index contributed by atoms with van der Waals surface area (Å²) in [7, 11) is 0. The van der Waals surface area contributed by atoms with Crippen molar-refractivity contribution < 1.29 is 19.4 Å². The molecular formula is C18H23ClN4O4. The lowest BCUT2D eigenvalue weighted by Crippen LogP contribution is -2.53. The van der Waals surface area contributed by atoms with Gasteiger partial charge in [-0.1, -0.05) is 28.8 Å². The van der Waals surface area contributed by atoms with Crippen LogP contribution in [0.4, 0.5) is 4.79 Å². The number of nitrogens with zero attached hydrogens (tertiary/aromatic N) is 4. The number of hydrogen-bond donors (Lipinski definition) is 1. The van der Waals surface area contributed by atoms with Crippen molar-refractivity contribution in [1.29, 1.82) is 0 Å². The van der Waals surface area contributed by atoms with E-state index in [1.54, 1.807) is 49.9 Å². The largest absolute Gasteiger partial charge is 0.481 e. The second kappa shape index (κ2) is 8.06. The Morgan fingerprint density at radius 3 is 2.30 bits per heavy atom. The highest BCUT2D eigenvalue weighted by atomic mass is 35.5. The van der Waals surface area contributed by atoms with E-state index >= 15 is 0 Å². The summed E-state index contributed by atoms with van der Waals surface area (Å²) in [6.45, 7) is 5.95. The van der Waals surface area contributed by atoms with E-state index in [1.807, 2.05) is 0 Å². The van der Waals surface area contributed by atoms with Gasteiger partial charge >= 0.3 is 12.1 Å². The van der Waals surface area contributed by atoms with Crippen LogP contribution in [0.2, 0.25) is 5.02 Å². The molecule has 1 aromatic rings. The van der Waals surface area contributed by atoms with E-state index in [0.29, 0.717) is 31.0 Å². The summed E-state index contributed by atoms with van der Waals surface area (Å²) in [4.78, 5) is 28.5. The summed E-state index contributed by atoms with van der Waals surface area (Å²) in [5, 5.41) is 13.8. The molecule has 27 heavy (non-hydrogen) atoms. The Labute approximate surface area is 162 Å². The van der Waals surface area contributed by atoms with Crippen molar-refractivity contribution in [1.82, 2.24) is 4.90 Å². The van der Waals surface area contributed by atoms with Crippen molar-refractivity contribution in [2.45, 2.75) is 50.7 Å². The van der Waals surface area contributed by atoms with Gasteiger partial charge in [-0.2, -0.15) is 0 Å². The van der Waals surface area contributed by atoms with Crippen LogP contribution in [0.3, 0.4) is 0 Å². The lowest BCUT2D eigenvalue weighted by atomic mass is 9.67. The Balaban J connectivity index is 2.34. The van der Waals surface area contributed by atoms with E-state index < -0.39 is 29.1 Å². The van der Waals surface area contributed by atoms with Gasteiger partial charge in [0.25, 0.3) is 0 Å². The van der Waals surface area contributed by atoms with E-state index in [-0.39, 0.29) is 0 Å². The van der Waals surface area contributed by atoms with Gasteiger partial charge in [0.2, 0.25) is 0 Å². The van der Waals surface area contributed by atoms with Crippen molar-refractivity contribution in [2.24, 2.45) is 5.11 Å². The zero-order chi connectivity index (χ0) is 20.2. The van der Waals surface area contributed by atoms with E-state index in [2.05, 4.69) is 10.0 Å². The number of halogens is 1. The minimum atomic E-state index is -1.29. The molecule has 0 unspecified atom stereocenters. The summed E-state index contributed by atoms with van der Waals surface area (Å²) in [5.41, 5.74) is 8.05. The first-order valence-electron chi connectivity index (χ1n) is 8.60. The van der Waals surface area contributed by atoms with Crippen LogP contribution in [0.5, 0.6) is 0 Å². The van der Waals surface area contributed by atoms with Crippen LogP contribution in [0, 0.1) is 0 Å². The van der Waals surface area contributed by atoms with E-state index in [9.17, 15) is 14.7 Å². The minimum Gasteiger partial charge on any atom is -0.481 e. The molecule has 0 saturated carbocycles. The van der Waals surface area contributed by atoms with Gasteiger partial charge in [-0.15, -0.1) is 0 Å².